The van der Waals surface area contributed by atoms with Crippen molar-refractivity contribution >= 4 is 0 Å². The van der Waals surface area contributed by atoms with E-state index in [1.165, 1.54) is 6.42 Å². The van der Waals surface area contributed by atoms with Gasteiger partial charge in [-0.1, -0.05) is 27.2 Å². The maximum atomic E-state index is 9.77. The first-order valence-electron chi connectivity index (χ1n) is 5.81. The first kappa shape index (κ1) is 12.0. The van der Waals surface area contributed by atoms with Gasteiger partial charge in [0.1, 0.15) is 0 Å². The van der Waals surface area contributed by atoms with Crippen molar-refractivity contribution in [2.45, 2.75) is 39.3 Å². The molecule has 0 spiro atoms. The number of nitrogens with one attached hydrogen (secondary N) is 1. The molecule has 0 saturated carbocycles. The summed E-state index contributed by atoms with van der Waals surface area (Å²) in [5.41, 5.74) is 0. The molecular weight excluding hydrogens is 176 g/mol. The van der Waals surface area contributed by atoms with Gasteiger partial charge in [-0.05, 0) is 12.5 Å². The van der Waals surface area contributed by atoms with Gasteiger partial charge in [0, 0.05) is 25.7 Å². The van der Waals surface area contributed by atoms with Crippen molar-refractivity contribution in [1.82, 2.24) is 10.2 Å². The van der Waals surface area contributed by atoms with Crippen molar-refractivity contribution in [2.24, 2.45) is 5.92 Å². The highest BCUT2D eigenvalue weighted by atomic mass is 16.3. The number of β-amino-alcohol motifs (C(OH)–C–C–N with tert-alkyl or cyclic N) is 1. The molecule has 1 aliphatic rings. The van der Waals surface area contributed by atoms with Crippen LogP contribution in [0.2, 0.25) is 0 Å². The van der Waals surface area contributed by atoms with Gasteiger partial charge in [-0.15, -0.1) is 0 Å². The zero-order chi connectivity index (χ0) is 10.6. The molecule has 1 saturated heterocycles. The summed E-state index contributed by atoms with van der Waals surface area (Å²) in [5.74, 6) is 0.725. The summed E-state index contributed by atoms with van der Waals surface area (Å²) < 4.78 is 0. The Labute approximate surface area is 87.5 Å². The molecule has 84 valence electrons. The normalized spacial score (nSPS) is 29.8. The van der Waals surface area contributed by atoms with Gasteiger partial charge in [-0.25, -0.2) is 0 Å². The lowest BCUT2D eigenvalue weighted by atomic mass is 10.1. The van der Waals surface area contributed by atoms with E-state index in [0.29, 0.717) is 6.04 Å². The van der Waals surface area contributed by atoms with E-state index in [4.69, 9.17) is 0 Å². The molecule has 3 nitrogen and oxygen atoms in total. The third-order valence-electron chi connectivity index (χ3n) is 3.27. The van der Waals surface area contributed by atoms with Crippen LogP contribution in [0.5, 0.6) is 0 Å². The molecule has 0 aromatic carbocycles. The van der Waals surface area contributed by atoms with Crippen LogP contribution in [0.25, 0.3) is 0 Å². The SMILES string of the molecule is CCC(C)CN(CC)C1CNCC1O. The van der Waals surface area contributed by atoms with Crippen LogP contribution in [0.1, 0.15) is 27.2 Å². The quantitative estimate of drug-likeness (QED) is 0.685. The van der Waals surface area contributed by atoms with Gasteiger partial charge in [-0.3, -0.25) is 4.90 Å². The van der Waals surface area contributed by atoms with E-state index in [1.807, 2.05) is 0 Å². The minimum Gasteiger partial charge on any atom is -0.390 e. The molecule has 0 radical (unpaired) electrons. The number of nitrogens with zero attached hydrogens (tertiary/aromatic N) is 1. The molecule has 3 atom stereocenters. The summed E-state index contributed by atoms with van der Waals surface area (Å²) in [6.07, 6.45) is 1.03. The molecule has 0 aromatic heterocycles. The Bertz CT molecular complexity index is 163. The predicted octanol–water partition coefficient (Wildman–Crippen LogP) is 0.687. The zero-order valence-corrected chi connectivity index (χ0v) is 9.66. The molecule has 1 heterocycles. The highest BCUT2D eigenvalue weighted by Crippen LogP contribution is 2.13. The second-order valence-electron chi connectivity index (χ2n) is 4.39. The average molecular weight is 200 g/mol. The molecular formula is C11H24N2O. The zero-order valence-electron chi connectivity index (χ0n) is 9.66. The number of likely N-dealkylation sites (N-methyl/N-ethyl adjacent to an activating group) is 1. The van der Waals surface area contributed by atoms with Crippen molar-refractivity contribution < 1.29 is 5.11 Å². The molecule has 3 unspecified atom stereocenters. The second kappa shape index (κ2) is 5.69. The third-order valence-corrected chi connectivity index (χ3v) is 3.27. The van der Waals surface area contributed by atoms with E-state index in [9.17, 15) is 5.11 Å². The van der Waals surface area contributed by atoms with Gasteiger partial charge in [0.25, 0.3) is 0 Å². The molecule has 0 aliphatic carbocycles. The van der Waals surface area contributed by atoms with Gasteiger partial charge in [0.05, 0.1) is 6.10 Å². The molecule has 2 N–H and O–H groups in total. The van der Waals surface area contributed by atoms with Crippen molar-refractivity contribution in [3.8, 4) is 0 Å². The first-order valence-corrected chi connectivity index (χ1v) is 5.81. The molecule has 1 fully saturated rings. The highest BCUT2D eigenvalue weighted by molar-refractivity contribution is 4.88. The number of aliphatic hydroxyl groups excluding tert-OH is 1. The van der Waals surface area contributed by atoms with Crippen LogP contribution >= 0.6 is 0 Å². The first-order chi connectivity index (χ1) is 6.69. The number of hydrogen-bond acceptors (Lipinski definition) is 3. The minimum atomic E-state index is -0.181. The summed E-state index contributed by atoms with van der Waals surface area (Å²) in [6.45, 7) is 10.5. The largest absolute Gasteiger partial charge is 0.390 e. The molecule has 14 heavy (non-hydrogen) atoms. The summed E-state index contributed by atoms with van der Waals surface area (Å²) >= 11 is 0. The van der Waals surface area contributed by atoms with Crippen LogP contribution in [-0.4, -0.2) is 48.3 Å². The maximum Gasteiger partial charge on any atom is 0.0831 e. The number of hydrogen-bond donors (Lipinski definition) is 2. The van der Waals surface area contributed by atoms with Crippen LogP contribution in [0.4, 0.5) is 0 Å². The number of aliphatic hydroxyl groups is 1. The van der Waals surface area contributed by atoms with E-state index in [1.54, 1.807) is 0 Å². The molecule has 0 aromatic rings. The summed E-state index contributed by atoms with van der Waals surface area (Å²) in [6, 6.07) is 0.328. The Morgan fingerprint density at radius 3 is 2.57 bits per heavy atom. The van der Waals surface area contributed by atoms with Gasteiger partial charge >= 0.3 is 0 Å². The van der Waals surface area contributed by atoms with Crippen LogP contribution in [0.3, 0.4) is 0 Å². The fourth-order valence-electron chi connectivity index (χ4n) is 2.05. The summed E-state index contributed by atoms with van der Waals surface area (Å²) in [5, 5.41) is 13.0. The molecule has 3 heteroatoms. The van der Waals surface area contributed by atoms with E-state index in [2.05, 4.69) is 31.0 Å². The van der Waals surface area contributed by atoms with Crippen molar-refractivity contribution in [3.05, 3.63) is 0 Å². The fourth-order valence-corrected chi connectivity index (χ4v) is 2.05. The Morgan fingerprint density at radius 1 is 1.43 bits per heavy atom. The van der Waals surface area contributed by atoms with Crippen molar-refractivity contribution in [1.29, 1.82) is 0 Å². The van der Waals surface area contributed by atoms with Gasteiger partial charge < -0.3 is 10.4 Å². The van der Waals surface area contributed by atoms with Gasteiger partial charge in [0.2, 0.25) is 0 Å². The summed E-state index contributed by atoms with van der Waals surface area (Å²) in [4.78, 5) is 2.40. The fraction of sp³-hybridized carbons (Fsp3) is 1.00. The molecule has 0 bridgehead atoms. The monoisotopic (exact) mass is 200 g/mol. The maximum absolute atomic E-state index is 9.77. The average Bonchev–Trinajstić information content (AvgIpc) is 2.60. The minimum absolute atomic E-state index is 0.181. The Kier molecular flexibility index (Phi) is 4.85. The Balaban J connectivity index is 2.44. The van der Waals surface area contributed by atoms with Crippen molar-refractivity contribution in [3.63, 3.8) is 0 Å². The van der Waals surface area contributed by atoms with E-state index >= 15 is 0 Å². The third kappa shape index (κ3) is 2.94. The van der Waals surface area contributed by atoms with E-state index in [-0.39, 0.29) is 6.10 Å². The lowest BCUT2D eigenvalue weighted by Gasteiger charge is -2.31. The second-order valence-corrected chi connectivity index (χ2v) is 4.39. The predicted molar refractivity (Wildman–Crippen MR) is 59.4 cm³/mol. The lowest BCUT2D eigenvalue weighted by Crippen LogP contribution is -2.45. The molecule has 0 amide bonds. The van der Waals surface area contributed by atoms with Crippen LogP contribution in [0.15, 0.2) is 0 Å². The van der Waals surface area contributed by atoms with Crippen molar-refractivity contribution in [2.75, 3.05) is 26.2 Å². The van der Waals surface area contributed by atoms with E-state index < -0.39 is 0 Å². The lowest BCUT2D eigenvalue weighted by molar-refractivity contribution is 0.0770. The molecule has 1 rings (SSSR count). The highest BCUT2D eigenvalue weighted by Gasteiger charge is 2.29. The van der Waals surface area contributed by atoms with Gasteiger partial charge in [-0.2, -0.15) is 0 Å². The number of rotatable bonds is 5. The van der Waals surface area contributed by atoms with Crippen LogP contribution in [-0.2, 0) is 0 Å². The Morgan fingerprint density at radius 2 is 2.14 bits per heavy atom. The smallest absolute Gasteiger partial charge is 0.0831 e. The van der Waals surface area contributed by atoms with Gasteiger partial charge in [0.15, 0.2) is 0 Å². The van der Waals surface area contributed by atoms with E-state index in [0.717, 1.165) is 32.1 Å². The van der Waals surface area contributed by atoms with Crippen LogP contribution in [0, 0.1) is 5.92 Å². The topological polar surface area (TPSA) is 35.5 Å². The van der Waals surface area contributed by atoms with Crippen LogP contribution < -0.4 is 5.32 Å². The Hall–Kier alpha value is -0.120. The standard InChI is InChI=1S/C11H24N2O/c1-4-9(3)8-13(5-2)10-6-12-7-11(10)14/h9-12,14H,4-8H2,1-3H3. The molecule has 1 aliphatic heterocycles. The summed E-state index contributed by atoms with van der Waals surface area (Å²) in [7, 11) is 0.